The number of methoxy groups -OCH3 is 1. The van der Waals surface area contributed by atoms with Crippen molar-refractivity contribution >= 4 is 29.0 Å². The highest BCUT2D eigenvalue weighted by Gasteiger charge is 2.42. The highest BCUT2D eigenvalue weighted by molar-refractivity contribution is 6.34. The van der Waals surface area contributed by atoms with Gasteiger partial charge in [-0.2, -0.15) is 28.2 Å². The minimum absolute atomic E-state index is 0.0247. The smallest absolute Gasteiger partial charge is 0.418 e. The summed E-state index contributed by atoms with van der Waals surface area (Å²) in [5, 5.41) is 4.65. The largest absolute Gasteiger partial charge is 0.467 e. The maximum absolute atomic E-state index is 15.4. The molecule has 0 saturated carbocycles. The van der Waals surface area contributed by atoms with Crippen molar-refractivity contribution in [2.24, 2.45) is 0 Å². The Hall–Kier alpha value is -4.20. The number of ether oxygens (including phenoxy) is 2. The number of benzene rings is 1. The third-order valence-electron chi connectivity index (χ3n) is 9.73. The highest BCUT2D eigenvalue weighted by Crippen LogP contribution is 2.45. The van der Waals surface area contributed by atoms with Gasteiger partial charge in [-0.1, -0.05) is 17.5 Å². The molecule has 1 aromatic carbocycles. The molecule has 17 heteroatoms. The first-order chi connectivity index (χ1) is 24.7. The van der Waals surface area contributed by atoms with Crippen LogP contribution in [0, 0.1) is 17.7 Å². The van der Waals surface area contributed by atoms with E-state index in [2.05, 4.69) is 31.8 Å². The van der Waals surface area contributed by atoms with E-state index in [1.165, 1.54) is 31.8 Å². The molecule has 3 atom stereocenters. The molecular formula is C35H40ClF5N8O3. The van der Waals surface area contributed by atoms with Crippen molar-refractivity contribution in [1.82, 2.24) is 29.5 Å². The van der Waals surface area contributed by atoms with Gasteiger partial charge >= 0.3 is 12.2 Å². The Bertz CT molecular complexity index is 1900. The van der Waals surface area contributed by atoms with Gasteiger partial charge in [-0.05, 0) is 45.2 Å². The van der Waals surface area contributed by atoms with Crippen LogP contribution in [-0.2, 0) is 37.0 Å². The fourth-order valence-corrected chi connectivity index (χ4v) is 7.62. The van der Waals surface area contributed by atoms with Gasteiger partial charge in [0.05, 0.1) is 54.0 Å². The average molecular weight is 751 g/mol. The number of nitrogen functional groups attached to an aromatic ring is 1. The van der Waals surface area contributed by atoms with Crippen LogP contribution in [0.5, 0.6) is 6.01 Å². The monoisotopic (exact) mass is 750 g/mol. The van der Waals surface area contributed by atoms with Crippen LogP contribution in [0.2, 0.25) is 5.02 Å². The maximum Gasteiger partial charge on any atom is 0.418 e. The minimum Gasteiger partial charge on any atom is -0.467 e. The standard InChI is InChI=1S/C28H28ClF4N7O3.C7H12FN/c1-5-7-14-10-16(34)23(30)20(21(14)28(31,32)33)19-11-17-15(13-43-19)25(36-27(35-17)42-4)39-8-6-9-40-18(12-39)22(29)24(37-40)26(41)38(2)3;8-6-4-7-2-1-3-9(7)5-6/h10,19H,6,8-9,11-13,34H2,1-4H3;6-7H,1-5H2. The predicted molar refractivity (Wildman–Crippen MR) is 183 cm³/mol. The van der Waals surface area contributed by atoms with Crippen LogP contribution < -0.4 is 15.4 Å². The van der Waals surface area contributed by atoms with Crippen molar-refractivity contribution in [2.75, 3.05) is 51.5 Å². The van der Waals surface area contributed by atoms with Crippen molar-refractivity contribution in [3.8, 4) is 17.9 Å². The van der Waals surface area contributed by atoms with E-state index in [0.29, 0.717) is 54.9 Å². The number of hydrogen-bond acceptors (Lipinski definition) is 9. The van der Waals surface area contributed by atoms with Gasteiger partial charge in [0.15, 0.2) is 11.5 Å². The zero-order valence-electron chi connectivity index (χ0n) is 29.3. The number of aryl methyl sites for hydroxylation is 1. The van der Waals surface area contributed by atoms with Crippen LogP contribution in [0.1, 0.15) is 82.8 Å². The predicted octanol–water partition coefficient (Wildman–Crippen LogP) is 5.57. The quantitative estimate of drug-likeness (QED) is 0.208. The molecule has 3 unspecified atom stereocenters. The molecule has 11 nitrogen and oxygen atoms in total. The Labute approximate surface area is 303 Å². The van der Waals surface area contributed by atoms with Crippen LogP contribution in [-0.4, -0.2) is 88.5 Å². The summed E-state index contributed by atoms with van der Waals surface area (Å²) in [5.74, 6) is 3.68. The molecule has 0 aliphatic carbocycles. The van der Waals surface area contributed by atoms with Gasteiger partial charge in [0.25, 0.3) is 5.91 Å². The first-order valence-electron chi connectivity index (χ1n) is 17.0. The topological polar surface area (TPSA) is 115 Å². The van der Waals surface area contributed by atoms with Crippen molar-refractivity contribution < 1.29 is 36.2 Å². The van der Waals surface area contributed by atoms with Gasteiger partial charge < -0.3 is 25.0 Å². The van der Waals surface area contributed by atoms with E-state index in [1.54, 1.807) is 18.8 Å². The van der Waals surface area contributed by atoms with Gasteiger partial charge in [0, 0.05) is 62.9 Å². The van der Waals surface area contributed by atoms with Crippen LogP contribution in [0.15, 0.2) is 6.07 Å². The third kappa shape index (κ3) is 7.35. The fraction of sp³-hybridized carbons (Fsp3) is 0.543. The fourth-order valence-electron chi connectivity index (χ4n) is 7.35. The van der Waals surface area contributed by atoms with Gasteiger partial charge in [-0.25, -0.2) is 8.78 Å². The van der Waals surface area contributed by atoms with Gasteiger partial charge in [-0.15, -0.1) is 5.92 Å². The maximum atomic E-state index is 15.4. The van der Waals surface area contributed by atoms with Crippen molar-refractivity contribution in [3.63, 3.8) is 0 Å². The molecule has 2 N–H and O–H groups in total. The van der Waals surface area contributed by atoms with Crippen LogP contribution >= 0.6 is 11.6 Å². The number of fused-ring (bicyclic) bond motifs is 3. The Morgan fingerprint density at radius 2 is 1.96 bits per heavy atom. The number of nitrogens with two attached hydrogens (primary N) is 1. The molecule has 6 heterocycles. The second kappa shape index (κ2) is 15.0. The third-order valence-corrected chi connectivity index (χ3v) is 10.1. The van der Waals surface area contributed by atoms with Crippen LogP contribution in [0.25, 0.3) is 0 Å². The number of nitrogens with zero attached hydrogens (tertiary/aromatic N) is 7. The number of halogens is 6. The summed E-state index contributed by atoms with van der Waals surface area (Å²) in [4.78, 5) is 27.1. The number of amides is 1. The zero-order chi connectivity index (χ0) is 37.5. The van der Waals surface area contributed by atoms with Crippen LogP contribution in [0.3, 0.4) is 0 Å². The number of aromatic nitrogens is 4. The van der Waals surface area contributed by atoms with Gasteiger partial charge in [-0.3, -0.25) is 14.4 Å². The van der Waals surface area contributed by atoms with E-state index in [1.807, 2.05) is 4.90 Å². The number of hydrogen-bond donors (Lipinski definition) is 1. The van der Waals surface area contributed by atoms with E-state index in [0.717, 1.165) is 19.0 Å². The van der Waals surface area contributed by atoms with E-state index >= 15 is 4.39 Å². The van der Waals surface area contributed by atoms with Crippen molar-refractivity contribution in [3.05, 3.63) is 56.2 Å². The molecule has 3 aromatic rings. The zero-order valence-corrected chi connectivity index (χ0v) is 30.0. The molecule has 52 heavy (non-hydrogen) atoms. The summed E-state index contributed by atoms with van der Waals surface area (Å²) in [6.45, 7) is 4.25. The van der Waals surface area contributed by atoms with E-state index in [9.17, 15) is 22.4 Å². The number of anilines is 2. The molecule has 280 valence electrons. The summed E-state index contributed by atoms with van der Waals surface area (Å²) < 4.78 is 83.7. The number of alkyl halides is 4. The molecule has 1 amide bonds. The van der Waals surface area contributed by atoms with E-state index < -0.39 is 46.6 Å². The van der Waals surface area contributed by atoms with E-state index in [-0.39, 0.29) is 42.2 Å². The molecular weight excluding hydrogens is 711 g/mol. The molecule has 0 spiro atoms. The molecule has 4 aliphatic rings. The number of carbonyl (C=O) groups excluding carboxylic acids is 1. The number of rotatable bonds is 4. The molecule has 2 fully saturated rings. The lowest BCUT2D eigenvalue weighted by Crippen LogP contribution is -2.29. The lowest BCUT2D eigenvalue weighted by molar-refractivity contribution is -0.140. The number of carbonyl (C=O) groups is 1. The van der Waals surface area contributed by atoms with Crippen molar-refractivity contribution in [2.45, 2.75) is 83.2 Å². The Kier molecular flexibility index (Phi) is 10.9. The second-order valence-corrected chi connectivity index (χ2v) is 13.8. The lowest BCUT2D eigenvalue weighted by atomic mass is 9.91. The Morgan fingerprint density at radius 1 is 1.19 bits per heavy atom. The first kappa shape index (κ1) is 37.6. The van der Waals surface area contributed by atoms with E-state index in [4.69, 9.17) is 26.8 Å². The van der Waals surface area contributed by atoms with Gasteiger partial charge in [0.1, 0.15) is 12.0 Å². The molecule has 0 radical (unpaired) electrons. The summed E-state index contributed by atoms with van der Waals surface area (Å²) in [7, 11) is 4.58. The molecule has 0 bridgehead atoms. The Balaban J connectivity index is 0.000000444. The second-order valence-electron chi connectivity index (χ2n) is 13.4. The summed E-state index contributed by atoms with van der Waals surface area (Å²) in [6.07, 6.45) is -3.07. The van der Waals surface area contributed by atoms with Crippen molar-refractivity contribution in [1.29, 1.82) is 0 Å². The minimum atomic E-state index is -4.93. The molecule has 4 aliphatic heterocycles. The Morgan fingerprint density at radius 3 is 2.63 bits per heavy atom. The normalized spacial score (nSPS) is 21.2. The molecule has 2 saturated heterocycles. The first-order valence-corrected chi connectivity index (χ1v) is 17.4. The van der Waals surface area contributed by atoms with Crippen LogP contribution in [0.4, 0.5) is 33.5 Å². The molecule has 2 aromatic heterocycles. The average Bonchev–Trinajstić information content (AvgIpc) is 3.72. The summed E-state index contributed by atoms with van der Waals surface area (Å²) in [5.41, 5.74) is 4.49. The van der Waals surface area contributed by atoms with Gasteiger partial charge in [0.2, 0.25) is 0 Å². The highest BCUT2D eigenvalue weighted by atomic mass is 35.5. The SMILES string of the molecule is CC#Cc1cc(N)c(F)c(C2Cc3nc(OC)nc(N4CCCn5nc(C(=O)N(C)C)c(Cl)c5C4)c3CO2)c1C(F)(F)F.FC1CC2CCCN2C1. The lowest BCUT2D eigenvalue weighted by Gasteiger charge is -2.31. The molecule has 7 rings (SSSR count). The summed E-state index contributed by atoms with van der Waals surface area (Å²) in [6, 6.07) is 1.47. The summed E-state index contributed by atoms with van der Waals surface area (Å²) >= 11 is 6.62.